The number of hydrogen-bond acceptors (Lipinski definition) is 7. The maximum absolute atomic E-state index is 11.9. The van der Waals surface area contributed by atoms with Crippen LogP contribution in [0.2, 0.25) is 0 Å². The molecule has 1 heterocycles. The van der Waals surface area contributed by atoms with E-state index in [1.165, 1.54) is 23.0 Å². The molecule has 1 aliphatic carbocycles. The average molecular weight is 398 g/mol. The molecule has 1 amide bonds. The van der Waals surface area contributed by atoms with E-state index in [4.69, 9.17) is 16.3 Å². The lowest BCUT2D eigenvalue weighted by Crippen LogP contribution is -2.46. The third kappa shape index (κ3) is 3.55. The molecule has 10 heteroatoms. The molecule has 1 aliphatic rings. The first-order valence-corrected chi connectivity index (χ1v) is 10.3. The van der Waals surface area contributed by atoms with Crippen molar-refractivity contribution in [3.63, 3.8) is 0 Å². The summed E-state index contributed by atoms with van der Waals surface area (Å²) in [6, 6.07) is 10.3. The standard InChI is InChI=1S/C18H18N6O3S/c1-28(26,27)14-4-2-13(3-5-14)22-17-15(16(21)25)11-24(23-17)18(6-7-19)8-12(9-18)10-20/h2-5,11-12H,6,8-9H2,1H3,(H2,21,25)(H,22,23). The van der Waals surface area contributed by atoms with Crippen molar-refractivity contribution >= 4 is 27.2 Å². The van der Waals surface area contributed by atoms with Crippen LogP contribution in [0.1, 0.15) is 29.6 Å². The molecule has 28 heavy (non-hydrogen) atoms. The summed E-state index contributed by atoms with van der Waals surface area (Å²) in [6.45, 7) is 0. The van der Waals surface area contributed by atoms with E-state index in [1.807, 2.05) is 0 Å². The summed E-state index contributed by atoms with van der Waals surface area (Å²) in [4.78, 5) is 12.0. The molecule has 1 aromatic heterocycles. The Morgan fingerprint density at radius 3 is 2.50 bits per heavy atom. The minimum Gasteiger partial charge on any atom is -0.365 e. The van der Waals surface area contributed by atoms with E-state index in [9.17, 15) is 13.2 Å². The van der Waals surface area contributed by atoms with Crippen molar-refractivity contribution < 1.29 is 13.2 Å². The fourth-order valence-electron chi connectivity index (χ4n) is 3.32. The van der Waals surface area contributed by atoms with Crippen LogP contribution in [0.3, 0.4) is 0 Å². The fraction of sp³-hybridized carbons (Fsp3) is 0.333. The molecule has 0 aliphatic heterocycles. The van der Waals surface area contributed by atoms with Gasteiger partial charge in [-0.3, -0.25) is 9.48 Å². The lowest BCUT2D eigenvalue weighted by molar-refractivity contribution is 0.0880. The number of nitrogens with one attached hydrogen (secondary N) is 1. The zero-order valence-corrected chi connectivity index (χ0v) is 15.9. The van der Waals surface area contributed by atoms with Crippen LogP contribution in [0, 0.1) is 28.6 Å². The summed E-state index contributed by atoms with van der Waals surface area (Å²) in [6.07, 6.45) is 3.71. The first-order chi connectivity index (χ1) is 13.2. The highest BCUT2D eigenvalue weighted by molar-refractivity contribution is 7.90. The summed E-state index contributed by atoms with van der Waals surface area (Å²) in [5, 5.41) is 25.6. The van der Waals surface area contributed by atoms with Gasteiger partial charge >= 0.3 is 0 Å². The maximum Gasteiger partial charge on any atom is 0.254 e. The monoisotopic (exact) mass is 398 g/mol. The molecule has 0 atom stereocenters. The number of nitrogens with two attached hydrogens (primary N) is 1. The van der Waals surface area contributed by atoms with Crippen LogP contribution in [0.25, 0.3) is 0 Å². The van der Waals surface area contributed by atoms with Crippen molar-refractivity contribution in [1.29, 1.82) is 10.5 Å². The van der Waals surface area contributed by atoms with Crippen LogP contribution in [0.5, 0.6) is 0 Å². The number of rotatable bonds is 6. The molecule has 0 unspecified atom stereocenters. The molecule has 0 spiro atoms. The van der Waals surface area contributed by atoms with E-state index in [-0.39, 0.29) is 28.6 Å². The highest BCUT2D eigenvalue weighted by Crippen LogP contribution is 2.46. The second-order valence-electron chi connectivity index (χ2n) is 6.92. The lowest BCUT2D eigenvalue weighted by atomic mass is 9.67. The van der Waals surface area contributed by atoms with Gasteiger partial charge in [-0.1, -0.05) is 0 Å². The zero-order chi connectivity index (χ0) is 20.5. The van der Waals surface area contributed by atoms with E-state index < -0.39 is 21.3 Å². The largest absolute Gasteiger partial charge is 0.365 e. The highest BCUT2D eigenvalue weighted by Gasteiger charge is 2.47. The van der Waals surface area contributed by atoms with Gasteiger partial charge in [0.25, 0.3) is 5.91 Å². The van der Waals surface area contributed by atoms with Crippen molar-refractivity contribution in [3.05, 3.63) is 36.0 Å². The molecule has 1 aromatic carbocycles. The van der Waals surface area contributed by atoms with Gasteiger partial charge in [-0.05, 0) is 37.1 Å². The van der Waals surface area contributed by atoms with Gasteiger partial charge < -0.3 is 11.1 Å². The normalized spacial score (nSPS) is 21.2. The van der Waals surface area contributed by atoms with Gasteiger partial charge in [-0.2, -0.15) is 15.6 Å². The van der Waals surface area contributed by atoms with Crippen molar-refractivity contribution in [2.45, 2.75) is 29.7 Å². The number of nitrogens with zero attached hydrogens (tertiary/aromatic N) is 4. The highest BCUT2D eigenvalue weighted by atomic mass is 32.2. The minimum absolute atomic E-state index is 0.143. The van der Waals surface area contributed by atoms with Crippen LogP contribution in [0.4, 0.5) is 11.5 Å². The van der Waals surface area contributed by atoms with Crippen molar-refractivity contribution in [2.24, 2.45) is 11.7 Å². The van der Waals surface area contributed by atoms with Gasteiger partial charge in [0, 0.05) is 18.1 Å². The molecule has 1 saturated carbocycles. The summed E-state index contributed by atoms with van der Waals surface area (Å²) in [5.74, 6) is -0.642. The number of nitriles is 2. The van der Waals surface area contributed by atoms with E-state index >= 15 is 0 Å². The molecule has 0 saturated heterocycles. The van der Waals surface area contributed by atoms with Crippen molar-refractivity contribution in [2.75, 3.05) is 11.6 Å². The maximum atomic E-state index is 11.9. The van der Waals surface area contributed by atoms with Crippen LogP contribution >= 0.6 is 0 Å². The second kappa shape index (κ2) is 6.98. The van der Waals surface area contributed by atoms with Crippen LogP contribution in [-0.2, 0) is 15.4 Å². The molecule has 144 valence electrons. The molecule has 1 fully saturated rings. The van der Waals surface area contributed by atoms with Crippen molar-refractivity contribution in [3.8, 4) is 12.1 Å². The number of hydrogen-bond donors (Lipinski definition) is 2. The van der Waals surface area contributed by atoms with Gasteiger partial charge in [-0.15, -0.1) is 0 Å². The molecule has 0 bridgehead atoms. The predicted octanol–water partition coefficient (Wildman–Crippen LogP) is 1.67. The number of amides is 1. The number of sulfone groups is 1. The Hall–Kier alpha value is -3.37. The predicted molar refractivity (Wildman–Crippen MR) is 100 cm³/mol. The Bertz CT molecular complexity index is 1100. The SMILES string of the molecule is CS(=O)(=O)c1ccc(Nc2nn(C3(CC#N)CC(C#N)C3)cc2C(N)=O)cc1. The molecule has 3 rings (SSSR count). The number of carbonyl (C=O) groups is 1. The van der Waals surface area contributed by atoms with Gasteiger partial charge in [0.2, 0.25) is 0 Å². The summed E-state index contributed by atoms with van der Waals surface area (Å²) >= 11 is 0. The second-order valence-corrected chi connectivity index (χ2v) is 8.93. The topological polar surface area (TPSA) is 155 Å². The van der Waals surface area contributed by atoms with E-state index in [2.05, 4.69) is 22.6 Å². The Morgan fingerprint density at radius 2 is 2.00 bits per heavy atom. The minimum atomic E-state index is -3.32. The zero-order valence-electron chi connectivity index (χ0n) is 15.1. The molecular weight excluding hydrogens is 380 g/mol. The molecule has 3 N–H and O–H groups in total. The van der Waals surface area contributed by atoms with Crippen LogP contribution in [-0.4, -0.2) is 30.4 Å². The average Bonchev–Trinajstić information content (AvgIpc) is 3.01. The Morgan fingerprint density at radius 1 is 1.36 bits per heavy atom. The lowest BCUT2D eigenvalue weighted by Gasteiger charge is -2.43. The summed E-state index contributed by atoms with van der Waals surface area (Å²) in [5.41, 5.74) is 5.49. The van der Waals surface area contributed by atoms with Crippen molar-refractivity contribution in [1.82, 2.24) is 9.78 Å². The van der Waals surface area contributed by atoms with Gasteiger partial charge in [-0.25, -0.2) is 8.42 Å². The Kier molecular flexibility index (Phi) is 4.84. The molecule has 0 radical (unpaired) electrons. The van der Waals surface area contributed by atoms with E-state index in [0.29, 0.717) is 18.5 Å². The van der Waals surface area contributed by atoms with Gasteiger partial charge in [0.05, 0.1) is 34.9 Å². The number of aromatic nitrogens is 2. The third-order valence-corrected chi connectivity index (χ3v) is 5.98. The first-order valence-electron chi connectivity index (χ1n) is 8.42. The molecule has 9 nitrogen and oxygen atoms in total. The van der Waals surface area contributed by atoms with E-state index in [1.54, 1.807) is 12.1 Å². The number of anilines is 2. The number of primary amides is 1. The Balaban J connectivity index is 1.93. The fourth-order valence-corrected chi connectivity index (χ4v) is 3.95. The van der Waals surface area contributed by atoms with E-state index in [0.717, 1.165) is 6.26 Å². The molecule has 2 aromatic rings. The molecular formula is C18H18N6O3S. The van der Waals surface area contributed by atoms with Gasteiger partial charge in [0.1, 0.15) is 5.56 Å². The third-order valence-electron chi connectivity index (χ3n) is 4.85. The van der Waals surface area contributed by atoms with Crippen LogP contribution < -0.4 is 11.1 Å². The summed E-state index contributed by atoms with van der Waals surface area (Å²) < 4.78 is 24.7. The van der Waals surface area contributed by atoms with Crippen LogP contribution in [0.15, 0.2) is 35.4 Å². The Labute approximate surface area is 162 Å². The van der Waals surface area contributed by atoms with Gasteiger partial charge in [0.15, 0.2) is 15.7 Å². The first kappa shape index (κ1) is 19.4. The number of carbonyl (C=O) groups excluding carboxylic acids is 1. The quantitative estimate of drug-likeness (QED) is 0.750. The summed E-state index contributed by atoms with van der Waals surface area (Å²) in [7, 11) is -3.32. The number of benzene rings is 1. The smallest absolute Gasteiger partial charge is 0.254 e.